The third kappa shape index (κ3) is 3.35. The topological polar surface area (TPSA) is 47.1 Å². The Morgan fingerprint density at radius 2 is 2.15 bits per heavy atom. The van der Waals surface area contributed by atoms with E-state index in [0.717, 1.165) is 32.0 Å². The minimum absolute atomic E-state index is 0.566. The van der Waals surface area contributed by atoms with Crippen LogP contribution in [0.3, 0.4) is 0 Å². The second-order valence-electron chi connectivity index (χ2n) is 6.61. The van der Waals surface area contributed by atoms with Crippen LogP contribution in [-0.2, 0) is 13.0 Å². The molecule has 0 radical (unpaired) electrons. The normalized spacial score (nSPS) is 23.6. The number of aryl methyl sites for hydroxylation is 1. The molecule has 1 aromatic rings. The maximum absolute atomic E-state index is 5.89. The van der Waals surface area contributed by atoms with Crippen molar-refractivity contribution in [2.45, 2.75) is 59.5 Å². The molecular formula is C16H30N4. The third-order valence-electron chi connectivity index (χ3n) is 4.30. The Labute approximate surface area is 123 Å². The van der Waals surface area contributed by atoms with Crippen molar-refractivity contribution in [3.8, 4) is 0 Å². The summed E-state index contributed by atoms with van der Waals surface area (Å²) in [6, 6.07) is 0.566. The third-order valence-corrected chi connectivity index (χ3v) is 4.30. The lowest BCUT2D eigenvalue weighted by Gasteiger charge is -2.38. The van der Waals surface area contributed by atoms with Gasteiger partial charge in [0.25, 0.3) is 0 Å². The molecule has 1 saturated heterocycles. The second kappa shape index (κ2) is 6.61. The van der Waals surface area contributed by atoms with Crippen LogP contribution in [-0.4, -0.2) is 28.7 Å². The lowest BCUT2D eigenvalue weighted by molar-refractivity contribution is 0.364. The van der Waals surface area contributed by atoms with Gasteiger partial charge < -0.3 is 15.2 Å². The Balaban J connectivity index is 2.26. The average molecular weight is 278 g/mol. The summed E-state index contributed by atoms with van der Waals surface area (Å²) in [7, 11) is 0. The Hall–Kier alpha value is -1.03. The fourth-order valence-corrected chi connectivity index (χ4v) is 3.04. The highest BCUT2D eigenvalue weighted by molar-refractivity contribution is 5.36. The quantitative estimate of drug-likeness (QED) is 0.900. The van der Waals surface area contributed by atoms with E-state index < -0.39 is 0 Å². The van der Waals surface area contributed by atoms with Gasteiger partial charge in [-0.05, 0) is 44.6 Å². The predicted octanol–water partition coefficient (Wildman–Crippen LogP) is 2.67. The number of anilines is 1. The lowest BCUT2D eigenvalue weighted by atomic mass is 9.94. The first-order valence-electron chi connectivity index (χ1n) is 8.07. The molecule has 1 fully saturated rings. The Kier molecular flexibility index (Phi) is 5.08. The van der Waals surface area contributed by atoms with E-state index in [-0.39, 0.29) is 0 Å². The van der Waals surface area contributed by atoms with Gasteiger partial charge in [0.2, 0.25) is 5.95 Å². The number of hydrogen-bond acceptors (Lipinski definition) is 3. The summed E-state index contributed by atoms with van der Waals surface area (Å²) < 4.78 is 2.35. The van der Waals surface area contributed by atoms with E-state index in [1.165, 1.54) is 18.5 Å². The van der Waals surface area contributed by atoms with Crippen molar-refractivity contribution >= 4 is 5.95 Å². The maximum atomic E-state index is 5.89. The van der Waals surface area contributed by atoms with Gasteiger partial charge in [-0.1, -0.05) is 20.8 Å². The zero-order valence-electron chi connectivity index (χ0n) is 13.5. The van der Waals surface area contributed by atoms with Crippen LogP contribution in [0.15, 0.2) is 6.20 Å². The highest BCUT2D eigenvalue weighted by atomic mass is 15.3. The van der Waals surface area contributed by atoms with Gasteiger partial charge in [-0.3, -0.25) is 0 Å². The molecule has 0 saturated carbocycles. The van der Waals surface area contributed by atoms with Crippen molar-refractivity contribution in [2.75, 3.05) is 18.0 Å². The van der Waals surface area contributed by atoms with Crippen LogP contribution in [0.1, 0.15) is 46.2 Å². The molecule has 114 valence electrons. The zero-order valence-corrected chi connectivity index (χ0v) is 13.5. The minimum Gasteiger partial charge on any atom is -0.339 e. The number of rotatable bonds is 5. The van der Waals surface area contributed by atoms with Crippen molar-refractivity contribution in [1.82, 2.24) is 9.55 Å². The molecule has 0 bridgehead atoms. The molecule has 4 heteroatoms. The summed E-state index contributed by atoms with van der Waals surface area (Å²) in [4.78, 5) is 7.35. The number of imidazole rings is 1. The number of nitrogens with zero attached hydrogens (tertiary/aromatic N) is 3. The van der Waals surface area contributed by atoms with Crippen LogP contribution in [0.2, 0.25) is 0 Å². The van der Waals surface area contributed by atoms with E-state index in [4.69, 9.17) is 10.7 Å². The largest absolute Gasteiger partial charge is 0.339 e. The molecule has 2 unspecified atom stereocenters. The second-order valence-corrected chi connectivity index (χ2v) is 6.61. The number of hydrogen-bond donors (Lipinski definition) is 1. The molecule has 20 heavy (non-hydrogen) atoms. The molecule has 1 aliphatic rings. The molecule has 0 aromatic carbocycles. The molecule has 2 heterocycles. The first kappa shape index (κ1) is 15.4. The highest BCUT2D eigenvalue weighted by Crippen LogP contribution is 2.27. The van der Waals surface area contributed by atoms with Crippen molar-refractivity contribution in [3.63, 3.8) is 0 Å². The first-order valence-corrected chi connectivity index (χ1v) is 8.07. The van der Waals surface area contributed by atoms with Gasteiger partial charge in [-0.15, -0.1) is 0 Å². The zero-order chi connectivity index (χ0) is 14.7. The highest BCUT2D eigenvalue weighted by Gasteiger charge is 2.28. The average Bonchev–Trinajstić information content (AvgIpc) is 2.81. The summed E-state index contributed by atoms with van der Waals surface area (Å²) >= 11 is 0. The fourth-order valence-electron chi connectivity index (χ4n) is 3.04. The molecule has 2 rings (SSSR count). The van der Waals surface area contributed by atoms with E-state index in [0.29, 0.717) is 17.9 Å². The van der Waals surface area contributed by atoms with Crippen LogP contribution in [0.5, 0.6) is 0 Å². The maximum Gasteiger partial charge on any atom is 0.205 e. The summed E-state index contributed by atoms with van der Waals surface area (Å²) in [5, 5.41) is 0. The number of piperidine rings is 1. The Morgan fingerprint density at radius 1 is 1.40 bits per heavy atom. The molecule has 1 aromatic heterocycles. The van der Waals surface area contributed by atoms with Gasteiger partial charge in [0.15, 0.2) is 0 Å². The fraction of sp³-hybridized carbons (Fsp3) is 0.812. The van der Waals surface area contributed by atoms with E-state index in [1.807, 2.05) is 0 Å². The molecule has 2 N–H and O–H groups in total. The minimum atomic E-state index is 0.566. The van der Waals surface area contributed by atoms with Crippen LogP contribution in [0.4, 0.5) is 5.95 Å². The van der Waals surface area contributed by atoms with Gasteiger partial charge in [-0.25, -0.2) is 4.98 Å². The molecule has 0 spiro atoms. The Bertz CT molecular complexity index is 424. The van der Waals surface area contributed by atoms with Crippen molar-refractivity contribution in [2.24, 2.45) is 17.6 Å². The van der Waals surface area contributed by atoms with E-state index in [9.17, 15) is 0 Å². The standard InChI is InChI=1S/C16H30N4/c1-5-15-11-19(9-12(2)3)16(18-15)20-10-14(8-17)7-6-13(20)4/h11-14H,5-10,17H2,1-4H3. The Morgan fingerprint density at radius 3 is 2.75 bits per heavy atom. The predicted molar refractivity (Wildman–Crippen MR) is 85.0 cm³/mol. The van der Waals surface area contributed by atoms with Crippen LogP contribution in [0.25, 0.3) is 0 Å². The first-order chi connectivity index (χ1) is 9.55. The summed E-state index contributed by atoms with van der Waals surface area (Å²) in [6.07, 6.45) is 5.70. The van der Waals surface area contributed by atoms with E-state index in [1.54, 1.807) is 0 Å². The van der Waals surface area contributed by atoms with Gasteiger partial charge in [-0.2, -0.15) is 0 Å². The van der Waals surface area contributed by atoms with Gasteiger partial charge in [0.05, 0.1) is 5.69 Å². The summed E-state index contributed by atoms with van der Waals surface area (Å²) in [6.45, 7) is 11.9. The van der Waals surface area contributed by atoms with Gasteiger partial charge in [0.1, 0.15) is 0 Å². The lowest BCUT2D eigenvalue weighted by Crippen LogP contribution is -2.45. The summed E-state index contributed by atoms with van der Waals surface area (Å²) in [5.41, 5.74) is 7.08. The number of aromatic nitrogens is 2. The number of nitrogens with two attached hydrogens (primary N) is 1. The van der Waals surface area contributed by atoms with Crippen molar-refractivity contribution < 1.29 is 0 Å². The van der Waals surface area contributed by atoms with Gasteiger partial charge >= 0.3 is 0 Å². The SMILES string of the molecule is CCc1cn(CC(C)C)c(N2CC(CN)CCC2C)n1. The van der Waals surface area contributed by atoms with Crippen LogP contribution in [0, 0.1) is 11.8 Å². The molecule has 4 nitrogen and oxygen atoms in total. The van der Waals surface area contributed by atoms with Gasteiger partial charge in [0, 0.05) is 25.3 Å². The molecular weight excluding hydrogens is 248 g/mol. The van der Waals surface area contributed by atoms with Crippen molar-refractivity contribution in [3.05, 3.63) is 11.9 Å². The smallest absolute Gasteiger partial charge is 0.205 e. The molecule has 2 atom stereocenters. The molecule has 1 aliphatic heterocycles. The van der Waals surface area contributed by atoms with Crippen LogP contribution < -0.4 is 10.6 Å². The van der Waals surface area contributed by atoms with Crippen molar-refractivity contribution in [1.29, 1.82) is 0 Å². The van der Waals surface area contributed by atoms with E-state index >= 15 is 0 Å². The molecule has 0 aliphatic carbocycles. The van der Waals surface area contributed by atoms with Crippen LogP contribution >= 0.6 is 0 Å². The summed E-state index contributed by atoms with van der Waals surface area (Å²) in [5.74, 6) is 2.40. The van der Waals surface area contributed by atoms with E-state index in [2.05, 4.69) is 43.4 Å². The monoisotopic (exact) mass is 278 g/mol. The molecule has 0 amide bonds.